The fraction of sp³-hybridized carbons (Fsp3) is 1.00. The third-order valence-electron chi connectivity index (χ3n) is 0.475. The van der Waals surface area contributed by atoms with E-state index in [1.165, 1.54) is 22.6 Å². The van der Waals surface area contributed by atoms with Gasteiger partial charge < -0.3 is 0 Å². The second-order valence-electron chi connectivity index (χ2n) is 1.13. The van der Waals surface area contributed by atoms with Crippen molar-refractivity contribution in [3.63, 3.8) is 0 Å². The number of hydrogen-bond donors (Lipinski definition) is 0. The molecular formula is C2F3IS2. The summed E-state index contributed by atoms with van der Waals surface area (Å²) in [5, 5.41) is 0. The van der Waals surface area contributed by atoms with E-state index in [1.54, 1.807) is 0 Å². The summed E-state index contributed by atoms with van der Waals surface area (Å²) in [5.41, 5.74) is 0. The van der Waals surface area contributed by atoms with Gasteiger partial charge in [-0.05, 0) is 46.1 Å². The van der Waals surface area contributed by atoms with E-state index < -0.39 is 6.93 Å². The first-order valence-electron chi connectivity index (χ1n) is 1.57. The number of halogens is 4. The Kier molecular flexibility index (Phi) is 1.69. The molecule has 0 nitrogen and oxygen atoms in total. The molecule has 0 atom stereocenters. The molecule has 48 valence electrons. The van der Waals surface area contributed by atoms with Crippen molar-refractivity contribution < 1.29 is 13.2 Å². The first kappa shape index (κ1) is 7.33. The fourth-order valence-electron chi connectivity index (χ4n) is 0.284. The summed E-state index contributed by atoms with van der Waals surface area (Å²) in [6.45, 7) is 0. The van der Waals surface area contributed by atoms with E-state index in [-0.39, 0.29) is 23.5 Å². The van der Waals surface area contributed by atoms with Crippen LogP contribution in [-0.2, 0) is 0 Å². The molecule has 0 bridgehead atoms. The van der Waals surface area contributed by atoms with Crippen LogP contribution in [-0.4, -0.2) is 6.93 Å². The molecule has 0 aromatic heterocycles. The lowest BCUT2D eigenvalue weighted by Gasteiger charge is -2.33. The van der Waals surface area contributed by atoms with E-state index in [9.17, 15) is 13.2 Å². The highest BCUT2D eigenvalue weighted by Gasteiger charge is 2.59. The van der Waals surface area contributed by atoms with E-state index >= 15 is 0 Å². The molecule has 1 aliphatic rings. The second kappa shape index (κ2) is 1.85. The van der Waals surface area contributed by atoms with Crippen molar-refractivity contribution in [2.75, 3.05) is 0 Å². The number of alkyl halides is 4. The zero-order chi connectivity index (χ0) is 6.41. The molecule has 0 unspecified atom stereocenters. The van der Waals surface area contributed by atoms with Crippen LogP contribution in [0, 0.1) is 0 Å². The maximum Gasteiger partial charge on any atom is 0.350 e. The smallest absolute Gasteiger partial charge is 0.207 e. The van der Waals surface area contributed by atoms with Gasteiger partial charge in [0.2, 0.25) is 0 Å². The van der Waals surface area contributed by atoms with Crippen LogP contribution in [0.3, 0.4) is 0 Å². The minimum atomic E-state index is -2.89. The lowest BCUT2D eigenvalue weighted by Crippen LogP contribution is -2.28. The molecule has 1 rings (SSSR count). The van der Waals surface area contributed by atoms with Gasteiger partial charge in [-0.25, -0.2) is 4.39 Å². The van der Waals surface area contributed by atoms with Crippen LogP contribution in [0.1, 0.15) is 0 Å². The van der Waals surface area contributed by atoms with Gasteiger partial charge in [0.05, 0.1) is 0 Å². The second-order valence-corrected chi connectivity index (χ2v) is 7.16. The quantitative estimate of drug-likeness (QED) is 0.491. The largest absolute Gasteiger partial charge is 0.350 e. The third-order valence-corrected chi connectivity index (χ3v) is 3.75. The summed E-state index contributed by atoms with van der Waals surface area (Å²) in [5.74, 6) is 0. The Bertz CT molecular complexity index is 91.9. The zero-order valence-electron chi connectivity index (χ0n) is 3.33. The van der Waals surface area contributed by atoms with Gasteiger partial charge in [-0.1, -0.05) is 0 Å². The highest BCUT2D eigenvalue weighted by Crippen LogP contribution is 2.70. The van der Waals surface area contributed by atoms with Crippen molar-refractivity contribution in [2.24, 2.45) is 0 Å². The average Bonchev–Trinajstić information content (AvgIpc) is 1.20. The lowest BCUT2D eigenvalue weighted by atomic mass is 11.6. The van der Waals surface area contributed by atoms with Gasteiger partial charge in [0, 0.05) is 0 Å². The van der Waals surface area contributed by atoms with Gasteiger partial charge in [-0.15, -0.1) is 0 Å². The van der Waals surface area contributed by atoms with E-state index in [4.69, 9.17) is 0 Å². The summed E-state index contributed by atoms with van der Waals surface area (Å²) in [7, 11) is 0. The van der Waals surface area contributed by atoms with Gasteiger partial charge in [0.25, 0.3) is 2.34 Å². The molecule has 6 heteroatoms. The molecule has 1 fully saturated rings. The van der Waals surface area contributed by atoms with Crippen LogP contribution in [0.15, 0.2) is 0 Å². The Balaban J connectivity index is 2.42. The Hall–Kier alpha value is 1.22. The summed E-state index contributed by atoms with van der Waals surface area (Å²) in [4.78, 5) is 0. The minimum absolute atomic E-state index is 0.0376. The van der Waals surface area contributed by atoms with E-state index in [1.807, 2.05) is 0 Å². The Morgan fingerprint density at radius 3 is 1.50 bits per heavy atom. The van der Waals surface area contributed by atoms with Crippen molar-refractivity contribution in [1.29, 1.82) is 0 Å². The monoisotopic (exact) mass is 272 g/mol. The number of rotatable bonds is 0. The summed E-state index contributed by atoms with van der Waals surface area (Å²) in [6.07, 6.45) is 0. The molecule has 0 aromatic rings. The van der Waals surface area contributed by atoms with Crippen molar-refractivity contribution in [3.8, 4) is 0 Å². The Morgan fingerprint density at radius 2 is 1.50 bits per heavy atom. The Labute approximate surface area is 66.1 Å². The maximum absolute atomic E-state index is 12.1. The van der Waals surface area contributed by atoms with Crippen molar-refractivity contribution >= 4 is 46.1 Å². The molecule has 1 heterocycles. The number of hydrogen-bond acceptors (Lipinski definition) is 2. The van der Waals surface area contributed by atoms with Crippen molar-refractivity contribution in [3.05, 3.63) is 0 Å². The van der Waals surface area contributed by atoms with Gasteiger partial charge in [-0.3, -0.25) is 0 Å². The highest BCUT2D eigenvalue weighted by molar-refractivity contribution is 14.1. The standard InChI is InChI=1S/C2F3IS2/c3-1(4)7-2(5,6)8-1. The molecule has 0 aromatic carbocycles. The predicted molar refractivity (Wildman–Crippen MR) is 38.0 cm³/mol. The molecule has 8 heavy (non-hydrogen) atoms. The van der Waals surface area contributed by atoms with Gasteiger partial charge in [0.15, 0.2) is 0 Å². The molecular weight excluding hydrogens is 272 g/mol. The SMILES string of the molecule is FC1(F)SC(F)(I)S1. The summed E-state index contributed by atoms with van der Waals surface area (Å²) < 4.78 is 30.9. The molecule has 0 radical (unpaired) electrons. The maximum atomic E-state index is 12.1. The van der Waals surface area contributed by atoms with Crippen LogP contribution in [0.5, 0.6) is 0 Å². The van der Waals surface area contributed by atoms with Crippen LogP contribution in [0.2, 0.25) is 0 Å². The molecule has 0 amide bonds. The molecule has 0 aliphatic carbocycles. The lowest BCUT2D eigenvalue weighted by molar-refractivity contribution is 0.199. The summed E-state index contributed by atoms with van der Waals surface area (Å²) in [6, 6.07) is 0. The predicted octanol–water partition coefficient (Wildman–Crippen LogP) is 3.03. The average molecular weight is 272 g/mol. The first-order valence-corrected chi connectivity index (χ1v) is 4.28. The third kappa shape index (κ3) is 1.60. The molecule has 0 N–H and O–H groups in total. The van der Waals surface area contributed by atoms with E-state index in [0.29, 0.717) is 0 Å². The van der Waals surface area contributed by atoms with Crippen LogP contribution >= 0.6 is 46.1 Å². The van der Waals surface area contributed by atoms with E-state index in [2.05, 4.69) is 0 Å². The van der Waals surface area contributed by atoms with Gasteiger partial charge in [-0.2, -0.15) is 8.78 Å². The van der Waals surface area contributed by atoms with Crippen LogP contribution < -0.4 is 0 Å². The van der Waals surface area contributed by atoms with Gasteiger partial charge >= 0.3 is 4.59 Å². The molecule has 0 saturated carbocycles. The number of thioether (sulfide) groups is 2. The van der Waals surface area contributed by atoms with Crippen LogP contribution in [0.25, 0.3) is 0 Å². The summed E-state index contributed by atoms with van der Waals surface area (Å²) >= 11 is 1.41. The topological polar surface area (TPSA) is 0 Å². The molecule has 1 saturated heterocycles. The van der Waals surface area contributed by atoms with Crippen molar-refractivity contribution in [1.82, 2.24) is 0 Å². The normalized spacial score (nSPS) is 31.5. The van der Waals surface area contributed by atoms with Crippen molar-refractivity contribution in [2.45, 2.75) is 6.93 Å². The zero-order valence-corrected chi connectivity index (χ0v) is 7.12. The first-order chi connectivity index (χ1) is 3.41. The minimum Gasteiger partial charge on any atom is -0.207 e. The molecule has 0 spiro atoms. The van der Waals surface area contributed by atoms with Gasteiger partial charge in [0.1, 0.15) is 0 Å². The van der Waals surface area contributed by atoms with Crippen LogP contribution in [0.4, 0.5) is 13.2 Å². The molecule has 1 aliphatic heterocycles. The Morgan fingerprint density at radius 1 is 1.12 bits per heavy atom. The highest BCUT2D eigenvalue weighted by atomic mass is 127. The fourth-order valence-corrected chi connectivity index (χ4v) is 4.48. The van der Waals surface area contributed by atoms with E-state index in [0.717, 1.165) is 0 Å².